The van der Waals surface area contributed by atoms with Gasteiger partial charge in [0.05, 0.1) is 0 Å². The standard InChI is InChI=1S/C19H16O/c20-19(13-7-5-8-13)18-12-14-6-1-2-9-15(14)16-10-3-4-11-17(16)18/h1-4,6,9-13H,5,7-8H2. The summed E-state index contributed by atoms with van der Waals surface area (Å²) in [6, 6.07) is 18.7. The molecule has 0 radical (unpaired) electrons. The quantitative estimate of drug-likeness (QED) is 0.469. The molecule has 0 aliphatic heterocycles. The van der Waals surface area contributed by atoms with Crippen molar-refractivity contribution in [2.24, 2.45) is 5.92 Å². The van der Waals surface area contributed by atoms with Crippen LogP contribution in [-0.2, 0) is 0 Å². The lowest BCUT2D eigenvalue weighted by molar-refractivity contribution is 0.0857. The molecule has 0 saturated heterocycles. The van der Waals surface area contributed by atoms with E-state index in [2.05, 4.69) is 36.4 Å². The Labute approximate surface area is 118 Å². The van der Waals surface area contributed by atoms with Crippen molar-refractivity contribution in [2.75, 3.05) is 0 Å². The Morgan fingerprint density at radius 2 is 1.50 bits per heavy atom. The highest BCUT2D eigenvalue weighted by Crippen LogP contribution is 2.34. The Bertz CT molecular complexity index is 812. The molecule has 20 heavy (non-hydrogen) atoms. The van der Waals surface area contributed by atoms with Crippen LogP contribution in [0.25, 0.3) is 21.5 Å². The molecule has 1 heteroatoms. The van der Waals surface area contributed by atoms with Gasteiger partial charge < -0.3 is 0 Å². The second-order valence-corrected chi connectivity index (χ2v) is 5.68. The minimum Gasteiger partial charge on any atom is -0.294 e. The van der Waals surface area contributed by atoms with E-state index in [0.717, 1.165) is 29.2 Å². The molecule has 0 unspecified atom stereocenters. The zero-order valence-corrected chi connectivity index (χ0v) is 11.3. The molecular weight excluding hydrogens is 244 g/mol. The molecule has 0 bridgehead atoms. The lowest BCUT2D eigenvalue weighted by Crippen LogP contribution is -2.22. The van der Waals surface area contributed by atoms with Gasteiger partial charge in [-0.1, -0.05) is 55.0 Å². The van der Waals surface area contributed by atoms with Gasteiger partial charge in [-0.2, -0.15) is 0 Å². The molecular formula is C19H16O. The molecule has 0 amide bonds. The van der Waals surface area contributed by atoms with Crippen molar-refractivity contribution in [1.82, 2.24) is 0 Å². The summed E-state index contributed by atoms with van der Waals surface area (Å²) in [5.74, 6) is 0.581. The van der Waals surface area contributed by atoms with Crippen molar-refractivity contribution in [2.45, 2.75) is 19.3 Å². The van der Waals surface area contributed by atoms with Crippen LogP contribution in [0.1, 0.15) is 29.6 Å². The highest BCUT2D eigenvalue weighted by Gasteiger charge is 2.27. The minimum absolute atomic E-state index is 0.250. The summed E-state index contributed by atoms with van der Waals surface area (Å²) in [5, 5.41) is 4.68. The first-order valence-electron chi connectivity index (χ1n) is 7.29. The van der Waals surface area contributed by atoms with Gasteiger partial charge in [-0.25, -0.2) is 0 Å². The van der Waals surface area contributed by atoms with Crippen LogP contribution in [0.2, 0.25) is 0 Å². The molecule has 3 aromatic rings. The fraction of sp³-hybridized carbons (Fsp3) is 0.211. The number of carbonyl (C=O) groups excluding carboxylic acids is 1. The van der Waals surface area contributed by atoms with Crippen molar-refractivity contribution < 1.29 is 4.79 Å². The predicted octanol–water partition coefficient (Wildman–Crippen LogP) is 4.98. The van der Waals surface area contributed by atoms with Crippen LogP contribution < -0.4 is 0 Å². The number of carbonyl (C=O) groups is 1. The highest BCUT2D eigenvalue weighted by molar-refractivity contribution is 6.18. The largest absolute Gasteiger partial charge is 0.294 e. The molecule has 0 spiro atoms. The van der Waals surface area contributed by atoms with E-state index >= 15 is 0 Å². The molecule has 0 N–H and O–H groups in total. The summed E-state index contributed by atoms with van der Waals surface area (Å²) in [6.07, 6.45) is 3.31. The second kappa shape index (κ2) is 4.45. The summed E-state index contributed by atoms with van der Waals surface area (Å²) in [6.45, 7) is 0. The van der Waals surface area contributed by atoms with E-state index in [1.54, 1.807) is 0 Å². The Morgan fingerprint density at radius 3 is 2.20 bits per heavy atom. The number of fused-ring (bicyclic) bond motifs is 3. The SMILES string of the molecule is O=C(c1cc2ccccc2c2ccccc12)C1CCC1. The third-order valence-corrected chi connectivity index (χ3v) is 4.51. The van der Waals surface area contributed by atoms with E-state index in [9.17, 15) is 4.79 Å². The Morgan fingerprint density at radius 1 is 0.850 bits per heavy atom. The maximum absolute atomic E-state index is 12.7. The molecule has 1 fully saturated rings. The van der Waals surface area contributed by atoms with Gasteiger partial charge in [-0.3, -0.25) is 4.79 Å². The molecule has 0 atom stereocenters. The monoisotopic (exact) mass is 260 g/mol. The lowest BCUT2D eigenvalue weighted by atomic mass is 9.78. The molecule has 0 heterocycles. The van der Waals surface area contributed by atoms with Crippen LogP contribution in [0.3, 0.4) is 0 Å². The van der Waals surface area contributed by atoms with Crippen molar-refractivity contribution >= 4 is 27.3 Å². The molecule has 0 aromatic heterocycles. The summed E-state index contributed by atoms with van der Waals surface area (Å²) in [7, 11) is 0. The molecule has 1 aliphatic carbocycles. The van der Waals surface area contributed by atoms with Gasteiger partial charge in [-0.05, 0) is 40.5 Å². The van der Waals surface area contributed by atoms with Gasteiger partial charge in [0.1, 0.15) is 0 Å². The third kappa shape index (κ3) is 1.66. The first kappa shape index (κ1) is 11.7. The van der Waals surface area contributed by atoms with E-state index < -0.39 is 0 Å². The fourth-order valence-corrected chi connectivity index (χ4v) is 3.15. The number of benzene rings is 3. The summed E-state index contributed by atoms with van der Waals surface area (Å²) in [4.78, 5) is 12.7. The number of Topliss-reactive ketones (excluding diaryl/α,β-unsaturated/α-hetero) is 1. The van der Waals surface area contributed by atoms with Crippen LogP contribution in [0, 0.1) is 5.92 Å². The number of hydrogen-bond acceptors (Lipinski definition) is 1. The normalized spacial score (nSPS) is 15.4. The fourth-order valence-electron chi connectivity index (χ4n) is 3.15. The average molecular weight is 260 g/mol. The minimum atomic E-state index is 0.250. The van der Waals surface area contributed by atoms with E-state index in [1.807, 2.05) is 18.2 Å². The second-order valence-electron chi connectivity index (χ2n) is 5.68. The molecule has 1 aliphatic rings. The Hall–Kier alpha value is -2.15. The average Bonchev–Trinajstić information content (AvgIpc) is 2.44. The van der Waals surface area contributed by atoms with E-state index in [4.69, 9.17) is 0 Å². The maximum atomic E-state index is 12.7. The van der Waals surface area contributed by atoms with Crippen LogP contribution in [0.5, 0.6) is 0 Å². The number of hydrogen-bond donors (Lipinski definition) is 0. The van der Waals surface area contributed by atoms with E-state index in [0.29, 0.717) is 5.78 Å². The highest BCUT2D eigenvalue weighted by atomic mass is 16.1. The lowest BCUT2D eigenvalue weighted by Gasteiger charge is -2.24. The maximum Gasteiger partial charge on any atom is 0.166 e. The van der Waals surface area contributed by atoms with Crippen LogP contribution in [0.15, 0.2) is 54.6 Å². The first-order chi connectivity index (χ1) is 9.84. The van der Waals surface area contributed by atoms with Crippen LogP contribution in [0.4, 0.5) is 0 Å². The predicted molar refractivity (Wildman–Crippen MR) is 83.1 cm³/mol. The van der Waals surface area contributed by atoms with Gasteiger partial charge in [0.25, 0.3) is 0 Å². The van der Waals surface area contributed by atoms with Crippen molar-refractivity contribution in [3.05, 3.63) is 60.2 Å². The molecule has 1 nitrogen and oxygen atoms in total. The summed E-state index contributed by atoms with van der Waals surface area (Å²) in [5.41, 5.74) is 0.906. The Kier molecular flexibility index (Phi) is 2.59. The van der Waals surface area contributed by atoms with Gasteiger partial charge in [0.15, 0.2) is 5.78 Å². The third-order valence-electron chi connectivity index (χ3n) is 4.51. The van der Waals surface area contributed by atoms with Gasteiger partial charge in [0.2, 0.25) is 0 Å². The number of rotatable bonds is 2. The zero-order valence-electron chi connectivity index (χ0n) is 11.3. The Balaban J connectivity index is 2.04. The van der Waals surface area contributed by atoms with E-state index in [1.165, 1.54) is 17.2 Å². The molecule has 4 rings (SSSR count). The van der Waals surface area contributed by atoms with Gasteiger partial charge >= 0.3 is 0 Å². The molecule has 1 saturated carbocycles. The number of ketones is 1. The smallest absolute Gasteiger partial charge is 0.166 e. The van der Waals surface area contributed by atoms with Crippen molar-refractivity contribution in [3.8, 4) is 0 Å². The molecule has 3 aromatic carbocycles. The van der Waals surface area contributed by atoms with Crippen LogP contribution in [-0.4, -0.2) is 5.78 Å². The summed E-state index contributed by atoms with van der Waals surface area (Å²) >= 11 is 0. The van der Waals surface area contributed by atoms with Gasteiger partial charge in [0, 0.05) is 11.5 Å². The molecule has 98 valence electrons. The summed E-state index contributed by atoms with van der Waals surface area (Å²) < 4.78 is 0. The van der Waals surface area contributed by atoms with Crippen molar-refractivity contribution in [3.63, 3.8) is 0 Å². The van der Waals surface area contributed by atoms with Crippen molar-refractivity contribution in [1.29, 1.82) is 0 Å². The first-order valence-corrected chi connectivity index (χ1v) is 7.29. The van der Waals surface area contributed by atoms with Crippen LogP contribution >= 0.6 is 0 Å². The van der Waals surface area contributed by atoms with E-state index in [-0.39, 0.29) is 5.92 Å². The zero-order chi connectivity index (χ0) is 13.5. The van der Waals surface area contributed by atoms with Gasteiger partial charge in [-0.15, -0.1) is 0 Å². The topological polar surface area (TPSA) is 17.1 Å².